The lowest BCUT2D eigenvalue weighted by Crippen LogP contribution is -2.34. The summed E-state index contributed by atoms with van der Waals surface area (Å²) in [5.41, 5.74) is -0.0240. The first-order chi connectivity index (χ1) is 9.75. The Labute approximate surface area is 131 Å². The van der Waals surface area contributed by atoms with E-state index in [1.165, 1.54) is 6.07 Å². The predicted molar refractivity (Wildman–Crippen MR) is 82.7 cm³/mol. The number of carbonyl (C=O) groups is 2. The maximum Gasteiger partial charge on any atom is 0.310 e. The molecule has 1 amide bonds. The highest BCUT2D eigenvalue weighted by Gasteiger charge is 2.37. The molecule has 0 aliphatic heterocycles. The van der Waals surface area contributed by atoms with Crippen molar-refractivity contribution in [1.29, 1.82) is 0 Å². The van der Waals surface area contributed by atoms with Crippen molar-refractivity contribution >= 4 is 33.5 Å². The molecule has 0 aliphatic carbocycles. The highest BCUT2D eigenvalue weighted by atomic mass is 79.9. The van der Waals surface area contributed by atoms with Crippen LogP contribution in [0, 0.1) is 18.2 Å². The summed E-state index contributed by atoms with van der Waals surface area (Å²) >= 11 is 3.07. The number of hydrogen-bond acceptors (Lipinski definition) is 2. The van der Waals surface area contributed by atoms with E-state index in [1.807, 2.05) is 0 Å². The first-order valence-electron chi connectivity index (χ1n) is 6.74. The second kappa shape index (κ2) is 7.02. The third kappa shape index (κ3) is 4.03. The lowest BCUT2D eigenvalue weighted by molar-refractivity contribution is -0.151. The molecule has 0 atom stereocenters. The maximum absolute atomic E-state index is 13.5. The summed E-state index contributed by atoms with van der Waals surface area (Å²) in [5, 5.41) is 11.9. The predicted octanol–water partition coefficient (Wildman–Crippen LogP) is 4.12. The molecule has 0 saturated heterocycles. The Morgan fingerprint density at radius 2 is 1.90 bits per heavy atom. The number of halogens is 2. The molecule has 0 heterocycles. The van der Waals surface area contributed by atoms with Crippen LogP contribution in [0.3, 0.4) is 0 Å². The Kier molecular flexibility index (Phi) is 5.89. The average Bonchev–Trinajstić information content (AvgIpc) is 2.42. The summed E-state index contributed by atoms with van der Waals surface area (Å²) in [4.78, 5) is 23.5. The average molecular weight is 360 g/mol. The molecule has 2 N–H and O–H groups in total. The van der Waals surface area contributed by atoms with Gasteiger partial charge in [-0.3, -0.25) is 9.59 Å². The van der Waals surface area contributed by atoms with E-state index < -0.39 is 23.1 Å². The molecule has 0 saturated carbocycles. The van der Waals surface area contributed by atoms with Gasteiger partial charge in [-0.25, -0.2) is 4.39 Å². The number of nitrogens with one attached hydrogen (secondary N) is 1. The summed E-state index contributed by atoms with van der Waals surface area (Å²) < 4.78 is 13.8. The molecule has 4 nitrogen and oxygen atoms in total. The molecule has 0 spiro atoms. The Morgan fingerprint density at radius 1 is 1.33 bits per heavy atom. The first-order valence-corrected chi connectivity index (χ1v) is 7.54. The molecule has 21 heavy (non-hydrogen) atoms. The first kappa shape index (κ1) is 17.6. The SMILES string of the molecule is CCC(CC)(CC(=O)Nc1cc(F)c(Br)cc1C)C(=O)O. The van der Waals surface area contributed by atoms with Gasteiger partial charge in [-0.2, -0.15) is 0 Å². The van der Waals surface area contributed by atoms with Crippen LogP contribution in [0.4, 0.5) is 10.1 Å². The zero-order valence-electron chi connectivity index (χ0n) is 12.3. The lowest BCUT2D eigenvalue weighted by atomic mass is 9.79. The normalized spacial score (nSPS) is 11.3. The number of hydrogen-bond donors (Lipinski definition) is 2. The summed E-state index contributed by atoms with van der Waals surface area (Å²) in [5.74, 6) is -1.89. The van der Waals surface area contributed by atoms with E-state index in [4.69, 9.17) is 0 Å². The van der Waals surface area contributed by atoms with Crippen LogP contribution < -0.4 is 5.32 Å². The van der Waals surface area contributed by atoms with Crippen LogP contribution in [-0.2, 0) is 9.59 Å². The van der Waals surface area contributed by atoms with Gasteiger partial charge >= 0.3 is 5.97 Å². The monoisotopic (exact) mass is 359 g/mol. The molecule has 0 fully saturated rings. The third-order valence-electron chi connectivity index (χ3n) is 3.85. The van der Waals surface area contributed by atoms with Crippen molar-refractivity contribution in [2.75, 3.05) is 5.32 Å². The van der Waals surface area contributed by atoms with E-state index in [9.17, 15) is 19.1 Å². The van der Waals surface area contributed by atoms with Crippen molar-refractivity contribution in [3.63, 3.8) is 0 Å². The largest absolute Gasteiger partial charge is 0.481 e. The number of rotatable bonds is 6. The minimum absolute atomic E-state index is 0.132. The van der Waals surface area contributed by atoms with Crippen molar-refractivity contribution in [2.24, 2.45) is 5.41 Å². The minimum Gasteiger partial charge on any atom is -0.481 e. The van der Waals surface area contributed by atoms with Gasteiger partial charge in [-0.1, -0.05) is 13.8 Å². The van der Waals surface area contributed by atoms with Crippen LogP contribution in [0.1, 0.15) is 38.7 Å². The van der Waals surface area contributed by atoms with Crippen LogP contribution in [0.25, 0.3) is 0 Å². The Hall–Kier alpha value is -1.43. The van der Waals surface area contributed by atoms with Gasteiger partial charge < -0.3 is 10.4 Å². The molecule has 0 aliphatic rings. The van der Waals surface area contributed by atoms with Gasteiger partial charge in [0.05, 0.1) is 9.89 Å². The number of amides is 1. The molecule has 1 rings (SSSR count). The quantitative estimate of drug-likeness (QED) is 0.802. The van der Waals surface area contributed by atoms with E-state index in [0.29, 0.717) is 28.6 Å². The summed E-state index contributed by atoms with van der Waals surface area (Å²) in [6.45, 7) is 5.23. The van der Waals surface area contributed by atoms with Gasteiger partial charge in [0.25, 0.3) is 0 Å². The Bertz CT molecular complexity index is 556. The van der Waals surface area contributed by atoms with Crippen LogP contribution in [-0.4, -0.2) is 17.0 Å². The summed E-state index contributed by atoms with van der Waals surface area (Å²) in [7, 11) is 0. The number of carbonyl (C=O) groups excluding carboxylic acids is 1. The van der Waals surface area contributed by atoms with E-state index in [1.54, 1.807) is 26.8 Å². The summed E-state index contributed by atoms with van der Waals surface area (Å²) in [6.07, 6.45) is 0.590. The van der Waals surface area contributed by atoms with E-state index >= 15 is 0 Å². The maximum atomic E-state index is 13.5. The summed E-state index contributed by atoms with van der Waals surface area (Å²) in [6, 6.07) is 2.78. The van der Waals surface area contributed by atoms with E-state index in [2.05, 4.69) is 21.2 Å². The topological polar surface area (TPSA) is 66.4 Å². The van der Waals surface area contributed by atoms with Crippen molar-refractivity contribution in [3.05, 3.63) is 28.0 Å². The van der Waals surface area contributed by atoms with Gasteiger partial charge in [-0.05, 0) is 53.4 Å². The van der Waals surface area contributed by atoms with E-state index in [0.717, 1.165) is 0 Å². The van der Waals surface area contributed by atoms with Gasteiger partial charge in [-0.15, -0.1) is 0 Å². The number of carboxylic acids is 1. The molecule has 0 aromatic heterocycles. The Balaban J connectivity index is 2.92. The van der Waals surface area contributed by atoms with Gasteiger partial charge in [0.1, 0.15) is 5.82 Å². The fourth-order valence-corrected chi connectivity index (χ4v) is 2.62. The fourth-order valence-electron chi connectivity index (χ4n) is 2.16. The van der Waals surface area contributed by atoms with Gasteiger partial charge in [0, 0.05) is 12.1 Å². The zero-order chi connectivity index (χ0) is 16.2. The lowest BCUT2D eigenvalue weighted by Gasteiger charge is -2.26. The van der Waals surface area contributed by atoms with Gasteiger partial charge in [0.15, 0.2) is 0 Å². The molecule has 0 radical (unpaired) electrons. The smallest absolute Gasteiger partial charge is 0.310 e. The standard InChI is InChI=1S/C15H19BrFNO3/c1-4-15(5-2,14(20)21)8-13(19)18-12-7-11(17)10(16)6-9(12)3/h6-7H,4-5,8H2,1-3H3,(H,18,19)(H,20,21). The van der Waals surface area contributed by atoms with Gasteiger partial charge in [0.2, 0.25) is 5.91 Å². The van der Waals surface area contributed by atoms with Crippen molar-refractivity contribution < 1.29 is 19.1 Å². The Morgan fingerprint density at radius 3 is 2.38 bits per heavy atom. The molecule has 6 heteroatoms. The second-order valence-corrected chi connectivity index (χ2v) is 5.95. The molecule has 0 bridgehead atoms. The highest BCUT2D eigenvalue weighted by Crippen LogP contribution is 2.32. The molecule has 1 aromatic rings. The minimum atomic E-state index is -1.08. The molecular formula is C15H19BrFNO3. The highest BCUT2D eigenvalue weighted by molar-refractivity contribution is 9.10. The second-order valence-electron chi connectivity index (χ2n) is 5.10. The van der Waals surface area contributed by atoms with Crippen LogP contribution in [0.5, 0.6) is 0 Å². The molecule has 1 aromatic carbocycles. The zero-order valence-corrected chi connectivity index (χ0v) is 13.9. The number of carboxylic acid groups (broad SMARTS) is 1. The fraction of sp³-hybridized carbons (Fsp3) is 0.467. The van der Waals surface area contributed by atoms with Crippen LogP contribution in [0.15, 0.2) is 16.6 Å². The van der Waals surface area contributed by atoms with Crippen LogP contribution >= 0.6 is 15.9 Å². The van der Waals surface area contributed by atoms with Crippen molar-refractivity contribution in [1.82, 2.24) is 0 Å². The van der Waals surface area contributed by atoms with Crippen molar-refractivity contribution in [3.8, 4) is 0 Å². The number of aryl methyl sites for hydroxylation is 1. The number of anilines is 1. The van der Waals surface area contributed by atoms with Crippen molar-refractivity contribution in [2.45, 2.75) is 40.0 Å². The number of aliphatic carboxylic acids is 1. The molecule has 116 valence electrons. The number of benzene rings is 1. The molecular weight excluding hydrogens is 341 g/mol. The van der Waals surface area contributed by atoms with Crippen LogP contribution in [0.2, 0.25) is 0 Å². The third-order valence-corrected chi connectivity index (χ3v) is 4.46. The molecule has 0 unspecified atom stereocenters. The van der Waals surface area contributed by atoms with E-state index in [-0.39, 0.29) is 6.42 Å².